The SMILES string of the molecule is CCCCC1CCC2(C#N)C[C@H](CCC)CC[C@@H]2C1. The first-order valence-corrected chi connectivity index (χ1v) is 8.65. The number of hydrogen-bond donors (Lipinski definition) is 0. The number of nitrogens with zero attached hydrogens (tertiary/aromatic N) is 1. The van der Waals surface area contributed by atoms with Crippen LogP contribution in [0.5, 0.6) is 0 Å². The average Bonchev–Trinajstić information content (AvgIpc) is 2.45. The summed E-state index contributed by atoms with van der Waals surface area (Å²) in [4.78, 5) is 0. The summed E-state index contributed by atoms with van der Waals surface area (Å²) in [5, 5.41) is 9.78. The molecule has 2 rings (SSSR count). The van der Waals surface area contributed by atoms with Crippen LogP contribution in [0.2, 0.25) is 0 Å². The van der Waals surface area contributed by atoms with Crippen molar-refractivity contribution in [3.63, 3.8) is 0 Å². The lowest BCUT2D eigenvalue weighted by atomic mass is 9.55. The molecule has 0 aromatic rings. The minimum absolute atomic E-state index is 0.0702. The molecular weight excluding hydrogens is 230 g/mol. The number of nitriles is 1. The van der Waals surface area contributed by atoms with E-state index < -0.39 is 0 Å². The van der Waals surface area contributed by atoms with Crippen molar-refractivity contribution in [3.05, 3.63) is 0 Å². The summed E-state index contributed by atoms with van der Waals surface area (Å²) in [6.45, 7) is 4.57. The van der Waals surface area contributed by atoms with Crippen molar-refractivity contribution in [2.75, 3.05) is 0 Å². The molecule has 0 bridgehead atoms. The molecule has 0 spiro atoms. The van der Waals surface area contributed by atoms with Gasteiger partial charge in [0.15, 0.2) is 0 Å². The molecule has 0 heterocycles. The second-order valence-corrected chi connectivity index (χ2v) is 7.18. The Morgan fingerprint density at radius 3 is 2.58 bits per heavy atom. The largest absolute Gasteiger partial charge is 0.198 e. The summed E-state index contributed by atoms with van der Waals surface area (Å²) in [5.41, 5.74) is 0.0702. The zero-order valence-corrected chi connectivity index (χ0v) is 13.0. The quantitative estimate of drug-likeness (QED) is 0.622. The Kier molecular flexibility index (Phi) is 5.31. The Morgan fingerprint density at radius 2 is 1.89 bits per heavy atom. The normalized spacial score (nSPS) is 38.5. The Hall–Kier alpha value is -0.510. The Bertz CT molecular complexity index is 316. The highest BCUT2D eigenvalue weighted by Crippen LogP contribution is 2.54. The zero-order chi connectivity index (χ0) is 13.7. The number of fused-ring (bicyclic) bond motifs is 1. The highest BCUT2D eigenvalue weighted by atomic mass is 14.5. The van der Waals surface area contributed by atoms with Gasteiger partial charge in [0, 0.05) is 0 Å². The van der Waals surface area contributed by atoms with Gasteiger partial charge in [-0.2, -0.15) is 5.26 Å². The zero-order valence-electron chi connectivity index (χ0n) is 13.0. The van der Waals surface area contributed by atoms with E-state index in [1.54, 1.807) is 0 Å². The van der Waals surface area contributed by atoms with Crippen LogP contribution in [-0.2, 0) is 0 Å². The highest BCUT2D eigenvalue weighted by molar-refractivity contribution is 5.08. The molecule has 2 fully saturated rings. The van der Waals surface area contributed by atoms with Gasteiger partial charge in [0.2, 0.25) is 0 Å². The molecule has 1 heteroatoms. The third-order valence-corrected chi connectivity index (χ3v) is 5.86. The molecule has 0 aromatic heterocycles. The summed E-state index contributed by atoms with van der Waals surface area (Å²) in [5.74, 6) is 2.49. The maximum Gasteiger partial charge on any atom is 0.0692 e. The van der Waals surface area contributed by atoms with Crippen LogP contribution in [0.1, 0.15) is 84.5 Å². The predicted octanol–water partition coefficient (Wildman–Crippen LogP) is 5.70. The summed E-state index contributed by atoms with van der Waals surface area (Å²) in [7, 11) is 0. The minimum atomic E-state index is 0.0702. The first kappa shape index (κ1) is 14.9. The van der Waals surface area contributed by atoms with Gasteiger partial charge in [-0.1, -0.05) is 52.4 Å². The molecule has 2 aliphatic carbocycles. The molecule has 2 saturated carbocycles. The summed E-state index contributed by atoms with van der Waals surface area (Å²) < 4.78 is 0. The maximum absolute atomic E-state index is 9.78. The third-order valence-electron chi connectivity index (χ3n) is 5.86. The first-order valence-electron chi connectivity index (χ1n) is 8.65. The van der Waals surface area contributed by atoms with Crippen LogP contribution < -0.4 is 0 Å². The van der Waals surface area contributed by atoms with Gasteiger partial charge in [-0.05, 0) is 49.9 Å². The molecule has 0 N–H and O–H groups in total. The van der Waals surface area contributed by atoms with E-state index in [1.807, 2.05) is 0 Å². The van der Waals surface area contributed by atoms with Crippen molar-refractivity contribution in [1.29, 1.82) is 5.26 Å². The van der Waals surface area contributed by atoms with Gasteiger partial charge < -0.3 is 0 Å². The van der Waals surface area contributed by atoms with E-state index in [4.69, 9.17) is 0 Å². The van der Waals surface area contributed by atoms with E-state index in [-0.39, 0.29) is 5.41 Å². The lowest BCUT2D eigenvalue weighted by molar-refractivity contribution is 0.0372. The van der Waals surface area contributed by atoms with Crippen LogP contribution in [0.3, 0.4) is 0 Å². The van der Waals surface area contributed by atoms with Gasteiger partial charge in [-0.25, -0.2) is 0 Å². The summed E-state index contributed by atoms with van der Waals surface area (Å²) in [6.07, 6.45) is 14.6. The molecule has 2 aliphatic rings. The van der Waals surface area contributed by atoms with Crippen molar-refractivity contribution >= 4 is 0 Å². The molecule has 19 heavy (non-hydrogen) atoms. The second-order valence-electron chi connectivity index (χ2n) is 7.18. The van der Waals surface area contributed by atoms with E-state index >= 15 is 0 Å². The average molecular weight is 261 g/mol. The first-order chi connectivity index (χ1) is 9.24. The fourth-order valence-electron chi connectivity index (χ4n) is 4.73. The fraction of sp³-hybridized carbons (Fsp3) is 0.944. The van der Waals surface area contributed by atoms with Gasteiger partial charge in [0.05, 0.1) is 11.5 Å². The molecule has 0 amide bonds. The van der Waals surface area contributed by atoms with Gasteiger partial charge in [-0.3, -0.25) is 0 Å². The van der Waals surface area contributed by atoms with E-state index in [0.29, 0.717) is 0 Å². The third kappa shape index (κ3) is 3.33. The predicted molar refractivity (Wildman–Crippen MR) is 80.7 cm³/mol. The lowest BCUT2D eigenvalue weighted by Gasteiger charge is -2.48. The molecule has 1 nitrogen and oxygen atoms in total. The van der Waals surface area contributed by atoms with Gasteiger partial charge in [0.25, 0.3) is 0 Å². The monoisotopic (exact) mass is 261 g/mol. The molecule has 4 atom stereocenters. The molecule has 2 unspecified atom stereocenters. The van der Waals surface area contributed by atoms with Crippen LogP contribution in [0.4, 0.5) is 0 Å². The second kappa shape index (κ2) is 6.78. The Morgan fingerprint density at radius 1 is 1.05 bits per heavy atom. The molecule has 0 aromatic carbocycles. The van der Waals surface area contributed by atoms with Crippen LogP contribution in [-0.4, -0.2) is 0 Å². The van der Waals surface area contributed by atoms with Crippen LogP contribution in [0.25, 0.3) is 0 Å². The number of hydrogen-bond acceptors (Lipinski definition) is 1. The summed E-state index contributed by atoms with van der Waals surface area (Å²) >= 11 is 0. The van der Waals surface area contributed by atoms with E-state index in [1.165, 1.54) is 70.6 Å². The maximum atomic E-state index is 9.78. The van der Waals surface area contributed by atoms with Gasteiger partial charge in [-0.15, -0.1) is 0 Å². The van der Waals surface area contributed by atoms with Crippen LogP contribution in [0, 0.1) is 34.5 Å². The van der Waals surface area contributed by atoms with Crippen molar-refractivity contribution < 1.29 is 0 Å². The van der Waals surface area contributed by atoms with Gasteiger partial charge in [0.1, 0.15) is 0 Å². The van der Waals surface area contributed by atoms with E-state index in [2.05, 4.69) is 19.9 Å². The lowest BCUT2D eigenvalue weighted by Crippen LogP contribution is -2.40. The topological polar surface area (TPSA) is 23.8 Å². The standard InChI is InChI=1S/C18H31N/c1-3-5-7-15-10-11-18(14-19)13-16(6-4-2)8-9-17(18)12-15/h15-17H,3-13H2,1-2H3/t15?,16-,17-,18?/m1/s1. The Balaban J connectivity index is 1.96. The van der Waals surface area contributed by atoms with Crippen molar-refractivity contribution in [3.8, 4) is 6.07 Å². The molecule has 0 aliphatic heterocycles. The van der Waals surface area contributed by atoms with Crippen LogP contribution >= 0.6 is 0 Å². The number of unbranched alkanes of at least 4 members (excludes halogenated alkanes) is 1. The molecule has 108 valence electrons. The highest BCUT2D eigenvalue weighted by Gasteiger charge is 2.47. The molecule has 0 radical (unpaired) electrons. The Labute approximate surface area is 119 Å². The van der Waals surface area contributed by atoms with Gasteiger partial charge >= 0.3 is 0 Å². The van der Waals surface area contributed by atoms with E-state index in [9.17, 15) is 5.26 Å². The van der Waals surface area contributed by atoms with Crippen LogP contribution in [0.15, 0.2) is 0 Å². The van der Waals surface area contributed by atoms with Crippen molar-refractivity contribution in [2.45, 2.75) is 84.5 Å². The molecular formula is C18H31N. The van der Waals surface area contributed by atoms with E-state index in [0.717, 1.165) is 17.8 Å². The van der Waals surface area contributed by atoms with Crippen molar-refractivity contribution in [2.24, 2.45) is 23.2 Å². The number of rotatable bonds is 5. The smallest absolute Gasteiger partial charge is 0.0692 e. The minimum Gasteiger partial charge on any atom is -0.198 e. The fourth-order valence-corrected chi connectivity index (χ4v) is 4.73. The van der Waals surface area contributed by atoms with Crippen molar-refractivity contribution in [1.82, 2.24) is 0 Å². The summed E-state index contributed by atoms with van der Waals surface area (Å²) in [6, 6.07) is 2.78. The molecule has 0 saturated heterocycles.